The molecule has 1 amide bonds. The molecule has 0 unspecified atom stereocenters. The number of anilines is 1. The fourth-order valence-electron chi connectivity index (χ4n) is 4.98. The van der Waals surface area contributed by atoms with Crippen LogP contribution >= 0.6 is 15.9 Å². The quantitative estimate of drug-likeness (QED) is 0.301. The molecule has 1 aliphatic rings. The van der Waals surface area contributed by atoms with Crippen LogP contribution in [0.25, 0.3) is 16.6 Å². The lowest BCUT2D eigenvalue weighted by Crippen LogP contribution is -2.55. The van der Waals surface area contributed by atoms with E-state index in [-0.39, 0.29) is 48.0 Å². The Kier molecular flexibility index (Phi) is 8.16. The number of carbonyl (C=O) groups excluding carboxylic acids is 1. The van der Waals surface area contributed by atoms with Crippen LogP contribution in [0.1, 0.15) is 64.3 Å². The van der Waals surface area contributed by atoms with Crippen molar-refractivity contribution in [2.75, 3.05) is 24.5 Å². The molecular formula is C28H32BrF4N5O3. The minimum absolute atomic E-state index is 0.0953. The van der Waals surface area contributed by atoms with Gasteiger partial charge in [0.25, 0.3) is 0 Å². The number of amides is 1. The number of ether oxygens (including phenoxy) is 1. The maximum Gasteiger partial charge on any atom is 0.417 e. The SMILES string of the molecule is Cc1ccnc(C(C)C)c1-n1c(=O)nc(N2CCN(C(=O)OC(C)(C)C)C[C@@H]2C)c2cc(C(F)(F)F)c(Br)c(F)c21. The van der Waals surface area contributed by atoms with E-state index >= 15 is 4.39 Å². The van der Waals surface area contributed by atoms with E-state index in [0.717, 1.165) is 10.6 Å². The van der Waals surface area contributed by atoms with Crippen molar-refractivity contribution in [2.24, 2.45) is 0 Å². The van der Waals surface area contributed by atoms with Crippen molar-refractivity contribution in [3.05, 3.63) is 55.9 Å². The van der Waals surface area contributed by atoms with Crippen LogP contribution in [0.15, 0.2) is 27.6 Å². The molecule has 0 bridgehead atoms. The average Bonchev–Trinajstić information content (AvgIpc) is 2.84. The van der Waals surface area contributed by atoms with E-state index in [4.69, 9.17) is 4.74 Å². The van der Waals surface area contributed by atoms with Gasteiger partial charge in [0.1, 0.15) is 11.4 Å². The number of fused-ring (bicyclic) bond motifs is 1. The summed E-state index contributed by atoms with van der Waals surface area (Å²) in [5, 5.41) is -0.187. The van der Waals surface area contributed by atoms with Crippen LogP contribution in [0, 0.1) is 12.7 Å². The van der Waals surface area contributed by atoms with Gasteiger partial charge in [-0.15, -0.1) is 0 Å². The van der Waals surface area contributed by atoms with Crippen LogP contribution in [-0.2, 0) is 10.9 Å². The van der Waals surface area contributed by atoms with Gasteiger partial charge in [0, 0.05) is 37.3 Å². The first kappa shape index (κ1) is 30.7. The highest BCUT2D eigenvalue weighted by Crippen LogP contribution is 2.42. The van der Waals surface area contributed by atoms with E-state index in [1.165, 1.54) is 4.90 Å². The summed E-state index contributed by atoms with van der Waals surface area (Å²) < 4.78 is 63.9. The Morgan fingerprint density at radius 2 is 1.85 bits per heavy atom. The minimum atomic E-state index is -4.89. The van der Waals surface area contributed by atoms with Gasteiger partial charge >= 0.3 is 18.0 Å². The zero-order valence-electron chi connectivity index (χ0n) is 23.9. The Bertz CT molecular complexity index is 1570. The molecule has 4 rings (SSSR count). The van der Waals surface area contributed by atoms with E-state index in [2.05, 4.69) is 25.9 Å². The van der Waals surface area contributed by atoms with Crippen LogP contribution in [0.3, 0.4) is 0 Å². The predicted molar refractivity (Wildman–Crippen MR) is 151 cm³/mol. The molecule has 1 atom stereocenters. The van der Waals surface area contributed by atoms with Gasteiger partial charge in [-0.25, -0.2) is 14.0 Å². The van der Waals surface area contributed by atoms with Crippen LogP contribution in [0.2, 0.25) is 0 Å². The number of hydrogen-bond acceptors (Lipinski definition) is 6. The van der Waals surface area contributed by atoms with Crippen LogP contribution < -0.4 is 10.6 Å². The molecule has 3 heterocycles. The monoisotopic (exact) mass is 641 g/mol. The predicted octanol–water partition coefficient (Wildman–Crippen LogP) is 6.58. The third-order valence-electron chi connectivity index (χ3n) is 6.82. The van der Waals surface area contributed by atoms with E-state index in [0.29, 0.717) is 11.3 Å². The van der Waals surface area contributed by atoms with Crippen LogP contribution in [0.4, 0.5) is 28.2 Å². The summed E-state index contributed by atoms with van der Waals surface area (Å²) in [5.41, 5.74) is -1.84. The van der Waals surface area contributed by atoms with Crippen molar-refractivity contribution in [3.63, 3.8) is 0 Å². The normalized spacial score (nSPS) is 16.6. The Hall–Kier alpha value is -3.22. The first-order valence-electron chi connectivity index (χ1n) is 13.1. The number of aromatic nitrogens is 3. The molecule has 0 aliphatic carbocycles. The van der Waals surface area contributed by atoms with Crippen LogP contribution in [0.5, 0.6) is 0 Å². The molecule has 3 aromatic rings. The number of piperazine rings is 1. The molecule has 1 aromatic carbocycles. The van der Waals surface area contributed by atoms with E-state index in [9.17, 15) is 22.8 Å². The lowest BCUT2D eigenvalue weighted by atomic mass is 10.0. The van der Waals surface area contributed by atoms with Crippen molar-refractivity contribution < 1.29 is 27.1 Å². The zero-order chi connectivity index (χ0) is 30.6. The third kappa shape index (κ3) is 5.91. The standard InChI is InChI=1S/C28H32BrF4N5O3/c1-14(2)21-22(15(3)8-9-34-21)38-23-17(12-18(28(31,32)33)19(29)20(23)30)24(35-25(38)39)37-11-10-36(13-16(37)4)26(40)41-27(5,6)7/h8-9,12,14,16H,10-11,13H2,1-7H3/t16-/m0/s1. The summed E-state index contributed by atoms with van der Waals surface area (Å²) in [4.78, 5) is 38.1. The zero-order valence-corrected chi connectivity index (χ0v) is 25.4. The Labute approximate surface area is 243 Å². The third-order valence-corrected chi connectivity index (χ3v) is 7.59. The molecule has 2 aromatic heterocycles. The highest BCUT2D eigenvalue weighted by Gasteiger charge is 2.38. The summed E-state index contributed by atoms with van der Waals surface area (Å²) in [6.45, 7) is 12.8. The molecule has 0 saturated carbocycles. The Morgan fingerprint density at radius 3 is 2.41 bits per heavy atom. The van der Waals surface area contributed by atoms with Gasteiger partial charge in [0.2, 0.25) is 0 Å². The molecule has 0 radical (unpaired) electrons. The van der Waals surface area contributed by atoms with Crippen molar-refractivity contribution in [1.82, 2.24) is 19.4 Å². The number of halogens is 5. The Balaban J connectivity index is 1.98. The average molecular weight is 642 g/mol. The molecule has 1 saturated heterocycles. The van der Waals surface area contributed by atoms with Gasteiger partial charge in [0.15, 0.2) is 5.82 Å². The van der Waals surface area contributed by atoms with Gasteiger partial charge in [-0.1, -0.05) is 13.8 Å². The fourth-order valence-corrected chi connectivity index (χ4v) is 5.51. The number of pyridine rings is 1. The molecule has 41 heavy (non-hydrogen) atoms. The number of hydrogen-bond donors (Lipinski definition) is 0. The van der Waals surface area contributed by atoms with E-state index in [1.807, 2.05) is 13.8 Å². The highest BCUT2D eigenvalue weighted by molar-refractivity contribution is 9.10. The molecular weight excluding hydrogens is 610 g/mol. The second kappa shape index (κ2) is 10.9. The summed E-state index contributed by atoms with van der Waals surface area (Å²) in [6.07, 6.45) is -3.86. The van der Waals surface area contributed by atoms with Gasteiger partial charge in [-0.2, -0.15) is 18.2 Å². The Morgan fingerprint density at radius 1 is 1.20 bits per heavy atom. The van der Waals surface area contributed by atoms with Gasteiger partial charge in [-0.3, -0.25) is 9.55 Å². The molecule has 13 heteroatoms. The summed E-state index contributed by atoms with van der Waals surface area (Å²) >= 11 is 2.80. The van der Waals surface area contributed by atoms with Gasteiger partial charge in [-0.05, 0) is 74.2 Å². The first-order valence-corrected chi connectivity index (χ1v) is 13.9. The second-order valence-corrected chi connectivity index (χ2v) is 12.3. The molecule has 0 spiro atoms. The highest BCUT2D eigenvalue weighted by atomic mass is 79.9. The molecule has 222 valence electrons. The maximum absolute atomic E-state index is 16.1. The lowest BCUT2D eigenvalue weighted by molar-refractivity contribution is -0.138. The summed E-state index contributed by atoms with van der Waals surface area (Å²) in [6, 6.07) is 1.98. The largest absolute Gasteiger partial charge is 0.444 e. The summed E-state index contributed by atoms with van der Waals surface area (Å²) in [7, 11) is 0. The molecule has 0 N–H and O–H groups in total. The first-order chi connectivity index (χ1) is 18.9. The molecule has 1 aliphatic heterocycles. The lowest BCUT2D eigenvalue weighted by Gasteiger charge is -2.41. The number of benzene rings is 1. The van der Waals surface area contributed by atoms with E-state index < -0.39 is 45.5 Å². The maximum atomic E-state index is 16.1. The number of alkyl halides is 3. The number of rotatable bonds is 3. The summed E-state index contributed by atoms with van der Waals surface area (Å²) in [5.74, 6) is -1.52. The van der Waals surface area contributed by atoms with E-state index in [1.54, 1.807) is 51.8 Å². The molecule has 1 fully saturated rings. The van der Waals surface area contributed by atoms with Gasteiger partial charge < -0.3 is 14.5 Å². The minimum Gasteiger partial charge on any atom is -0.444 e. The van der Waals surface area contributed by atoms with Crippen molar-refractivity contribution in [3.8, 4) is 5.69 Å². The van der Waals surface area contributed by atoms with Gasteiger partial charge in [0.05, 0.1) is 26.9 Å². The number of carbonyl (C=O) groups is 1. The van der Waals surface area contributed by atoms with Crippen molar-refractivity contribution in [1.29, 1.82) is 0 Å². The van der Waals surface area contributed by atoms with Crippen molar-refractivity contribution >= 4 is 38.7 Å². The smallest absolute Gasteiger partial charge is 0.417 e. The second-order valence-electron chi connectivity index (χ2n) is 11.5. The van der Waals surface area contributed by atoms with Crippen molar-refractivity contribution in [2.45, 2.75) is 72.2 Å². The van der Waals surface area contributed by atoms with Crippen LogP contribution in [-0.4, -0.2) is 56.8 Å². The molecule has 8 nitrogen and oxygen atoms in total. The number of nitrogens with zero attached hydrogens (tertiary/aromatic N) is 5. The fraction of sp³-hybridized carbons (Fsp3) is 0.500. The topological polar surface area (TPSA) is 80.6 Å². The number of aryl methyl sites for hydroxylation is 1.